The van der Waals surface area contributed by atoms with Crippen molar-refractivity contribution in [3.8, 4) is 11.4 Å². The van der Waals surface area contributed by atoms with Crippen LogP contribution in [0.15, 0.2) is 79.0 Å². The number of carbonyl (C=O) groups is 1. The fourth-order valence-electron chi connectivity index (χ4n) is 4.80. The van der Waals surface area contributed by atoms with Crippen molar-refractivity contribution in [1.82, 2.24) is 14.9 Å². The zero-order valence-electron chi connectivity index (χ0n) is 19.2. The number of aromatic carboxylic acids is 1. The Balaban J connectivity index is 1.65. The molecule has 3 N–H and O–H groups in total. The van der Waals surface area contributed by atoms with E-state index in [0.717, 1.165) is 34.0 Å². The molecule has 2 aromatic carbocycles. The zero-order valence-corrected chi connectivity index (χ0v) is 20.0. The van der Waals surface area contributed by atoms with Gasteiger partial charge in [-0.3, -0.25) is 4.98 Å². The van der Waals surface area contributed by atoms with E-state index in [1.165, 1.54) is 0 Å². The average molecular weight is 485 g/mol. The highest BCUT2D eigenvalue weighted by atomic mass is 32.1. The van der Waals surface area contributed by atoms with E-state index in [0.29, 0.717) is 5.11 Å². The number of thiocarbonyl (C=S) groups is 1. The molecule has 0 amide bonds. The lowest BCUT2D eigenvalue weighted by atomic mass is 9.96. The molecule has 0 aliphatic carbocycles. The smallest absolute Gasteiger partial charge is 0.335 e. The Morgan fingerprint density at radius 1 is 1.00 bits per heavy atom. The first-order valence-corrected chi connectivity index (χ1v) is 11.6. The summed E-state index contributed by atoms with van der Waals surface area (Å²) in [6.45, 7) is 4.09. The van der Waals surface area contributed by atoms with Gasteiger partial charge in [-0.1, -0.05) is 6.07 Å². The number of carboxylic acids is 1. The van der Waals surface area contributed by atoms with Crippen molar-refractivity contribution in [2.75, 3.05) is 4.90 Å². The molecule has 4 aromatic rings. The molecule has 1 aliphatic rings. The molecule has 1 fully saturated rings. The Hall–Kier alpha value is -4.17. The Morgan fingerprint density at radius 3 is 2.31 bits per heavy atom. The van der Waals surface area contributed by atoms with Crippen LogP contribution in [0.4, 0.5) is 5.69 Å². The first kappa shape index (κ1) is 22.6. The summed E-state index contributed by atoms with van der Waals surface area (Å²) in [5.74, 6) is -0.765. The number of aryl methyl sites for hydroxylation is 1. The molecule has 3 heterocycles. The van der Waals surface area contributed by atoms with Gasteiger partial charge < -0.3 is 25.0 Å². The first-order chi connectivity index (χ1) is 16.8. The molecule has 1 aliphatic heterocycles. The van der Waals surface area contributed by atoms with Gasteiger partial charge in [0.15, 0.2) is 5.11 Å². The summed E-state index contributed by atoms with van der Waals surface area (Å²) in [7, 11) is 0. The summed E-state index contributed by atoms with van der Waals surface area (Å²) in [4.78, 5) is 18.0. The number of aromatic nitrogens is 2. The van der Waals surface area contributed by atoms with Crippen LogP contribution in [0.3, 0.4) is 0 Å². The van der Waals surface area contributed by atoms with Crippen LogP contribution < -0.4 is 10.2 Å². The second-order valence-electron chi connectivity index (χ2n) is 8.53. The maximum atomic E-state index is 11.3. The van der Waals surface area contributed by atoms with E-state index in [4.69, 9.17) is 12.2 Å². The highest BCUT2D eigenvalue weighted by molar-refractivity contribution is 7.80. The zero-order chi connectivity index (χ0) is 24.7. The number of phenolic OH excluding ortho intramolecular Hbond substituents is 1. The quantitative estimate of drug-likeness (QED) is 0.341. The lowest BCUT2D eigenvalue weighted by Gasteiger charge is -2.28. The van der Waals surface area contributed by atoms with E-state index in [-0.39, 0.29) is 23.4 Å². The minimum atomic E-state index is -0.952. The molecule has 35 heavy (non-hydrogen) atoms. The number of hydrogen-bond acceptors (Lipinski definition) is 4. The molecule has 5 rings (SSSR count). The normalized spacial score (nSPS) is 17.4. The SMILES string of the molecule is Cc1cc([C@H]2[C@@H](c3ccccn3)NC(=S)N2c2ccc(O)cc2)c(C)n1-c1ccc(C(=O)O)cc1. The van der Waals surface area contributed by atoms with Crippen molar-refractivity contribution in [2.45, 2.75) is 25.9 Å². The van der Waals surface area contributed by atoms with Gasteiger partial charge in [0.25, 0.3) is 0 Å². The second kappa shape index (κ2) is 8.88. The van der Waals surface area contributed by atoms with Crippen LogP contribution in [-0.2, 0) is 0 Å². The van der Waals surface area contributed by atoms with Crippen molar-refractivity contribution >= 4 is 29.0 Å². The molecule has 7 nitrogen and oxygen atoms in total. The van der Waals surface area contributed by atoms with Crippen LogP contribution in [0, 0.1) is 13.8 Å². The topological polar surface area (TPSA) is 90.6 Å². The first-order valence-electron chi connectivity index (χ1n) is 11.2. The van der Waals surface area contributed by atoms with Gasteiger partial charge in [-0.05, 0) is 98.4 Å². The standard InChI is InChI=1S/C27H24N4O3S/c1-16-15-22(17(2)30(16)19-8-6-18(7-9-19)26(33)34)25-24(23-5-3-4-14-28-23)29-27(35)31(25)20-10-12-21(32)13-11-20/h3-15,24-25,32H,1-2H3,(H,29,35)(H,33,34)/t24-,25+/m1/s1. The van der Waals surface area contributed by atoms with Gasteiger partial charge in [0.2, 0.25) is 0 Å². The van der Waals surface area contributed by atoms with Crippen LogP contribution in [0.25, 0.3) is 5.69 Å². The summed E-state index contributed by atoms with van der Waals surface area (Å²) in [5, 5.41) is 23.1. The number of rotatable bonds is 5. The Bertz CT molecular complexity index is 1400. The fraction of sp³-hybridized carbons (Fsp3) is 0.148. The maximum absolute atomic E-state index is 11.3. The van der Waals surface area contributed by atoms with Crippen LogP contribution in [0.2, 0.25) is 0 Å². The van der Waals surface area contributed by atoms with Crippen molar-refractivity contribution in [3.63, 3.8) is 0 Å². The van der Waals surface area contributed by atoms with Gasteiger partial charge in [0.05, 0.1) is 23.3 Å². The molecular formula is C27H24N4O3S. The van der Waals surface area contributed by atoms with E-state index in [2.05, 4.69) is 32.8 Å². The van der Waals surface area contributed by atoms with E-state index in [1.54, 1.807) is 30.5 Å². The fourth-order valence-corrected chi connectivity index (χ4v) is 5.15. The molecular weight excluding hydrogens is 460 g/mol. The third kappa shape index (κ3) is 4.02. The summed E-state index contributed by atoms with van der Waals surface area (Å²) in [6.07, 6.45) is 1.77. The summed E-state index contributed by atoms with van der Waals surface area (Å²) in [5.41, 5.74) is 5.97. The molecule has 0 spiro atoms. The number of aromatic hydroxyl groups is 1. The largest absolute Gasteiger partial charge is 0.508 e. The number of pyridine rings is 1. The maximum Gasteiger partial charge on any atom is 0.335 e. The van der Waals surface area contributed by atoms with E-state index in [1.807, 2.05) is 49.4 Å². The molecule has 0 unspecified atom stereocenters. The van der Waals surface area contributed by atoms with Gasteiger partial charge in [-0.2, -0.15) is 0 Å². The Morgan fingerprint density at radius 2 is 1.69 bits per heavy atom. The predicted octanol–water partition coefficient (Wildman–Crippen LogP) is 5.07. The second-order valence-corrected chi connectivity index (χ2v) is 8.91. The van der Waals surface area contributed by atoms with Crippen molar-refractivity contribution in [2.24, 2.45) is 0 Å². The highest BCUT2D eigenvalue weighted by Crippen LogP contribution is 2.43. The number of anilines is 1. The van der Waals surface area contributed by atoms with E-state index < -0.39 is 5.97 Å². The molecule has 2 atom stereocenters. The lowest BCUT2D eigenvalue weighted by molar-refractivity contribution is 0.0697. The Kier molecular flexibility index (Phi) is 5.74. The van der Waals surface area contributed by atoms with Gasteiger partial charge in [-0.15, -0.1) is 0 Å². The molecule has 1 saturated heterocycles. The molecule has 8 heteroatoms. The van der Waals surface area contributed by atoms with Crippen LogP contribution in [-0.4, -0.2) is 30.8 Å². The van der Waals surface area contributed by atoms with Crippen LogP contribution >= 0.6 is 12.2 Å². The monoisotopic (exact) mass is 484 g/mol. The lowest BCUT2D eigenvalue weighted by Crippen LogP contribution is -2.29. The number of phenols is 1. The number of benzene rings is 2. The summed E-state index contributed by atoms with van der Waals surface area (Å²) >= 11 is 5.79. The third-order valence-corrected chi connectivity index (χ3v) is 6.70. The van der Waals surface area contributed by atoms with E-state index >= 15 is 0 Å². The van der Waals surface area contributed by atoms with Gasteiger partial charge in [0.1, 0.15) is 5.75 Å². The molecule has 2 aromatic heterocycles. The highest BCUT2D eigenvalue weighted by Gasteiger charge is 2.42. The summed E-state index contributed by atoms with van der Waals surface area (Å²) in [6, 6.07) is 21.4. The number of carboxylic acid groups (broad SMARTS) is 1. The Labute approximate surface area is 208 Å². The minimum absolute atomic E-state index is 0.188. The van der Waals surface area contributed by atoms with Gasteiger partial charge >= 0.3 is 5.97 Å². The van der Waals surface area contributed by atoms with Crippen molar-refractivity contribution in [1.29, 1.82) is 0 Å². The minimum Gasteiger partial charge on any atom is -0.508 e. The molecule has 176 valence electrons. The van der Waals surface area contributed by atoms with Crippen LogP contribution in [0.5, 0.6) is 5.75 Å². The van der Waals surface area contributed by atoms with Gasteiger partial charge in [0, 0.05) is 29.0 Å². The van der Waals surface area contributed by atoms with Crippen LogP contribution in [0.1, 0.15) is 45.1 Å². The number of nitrogens with zero attached hydrogens (tertiary/aromatic N) is 3. The van der Waals surface area contributed by atoms with Crippen molar-refractivity contribution < 1.29 is 15.0 Å². The third-order valence-electron chi connectivity index (χ3n) is 6.39. The predicted molar refractivity (Wildman–Crippen MR) is 138 cm³/mol. The molecule has 0 bridgehead atoms. The molecule has 0 radical (unpaired) electrons. The number of hydrogen-bond donors (Lipinski definition) is 3. The van der Waals surface area contributed by atoms with Crippen molar-refractivity contribution in [3.05, 3.63) is 107 Å². The average Bonchev–Trinajstić information content (AvgIpc) is 3.35. The van der Waals surface area contributed by atoms with E-state index in [9.17, 15) is 15.0 Å². The van der Waals surface area contributed by atoms with Gasteiger partial charge in [-0.25, -0.2) is 4.79 Å². The summed E-state index contributed by atoms with van der Waals surface area (Å²) < 4.78 is 2.12. The molecule has 0 saturated carbocycles. The number of nitrogens with one attached hydrogen (secondary N) is 1.